The van der Waals surface area contributed by atoms with Gasteiger partial charge in [-0.15, -0.1) is 0 Å². The lowest BCUT2D eigenvalue weighted by Gasteiger charge is -2.16. The molecule has 3 aromatic carbocycles. The lowest BCUT2D eigenvalue weighted by molar-refractivity contribution is -0.120. The second kappa shape index (κ2) is 9.48. The molecule has 4 rings (SSSR count). The predicted molar refractivity (Wildman–Crippen MR) is 127 cm³/mol. The van der Waals surface area contributed by atoms with Crippen molar-refractivity contribution < 1.29 is 23.8 Å². The number of amides is 2. The van der Waals surface area contributed by atoms with E-state index in [1.54, 1.807) is 73.8 Å². The van der Waals surface area contributed by atoms with E-state index in [1.165, 1.54) is 12.0 Å². The maximum atomic E-state index is 13.5. The van der Waals surface area contributed by atoms with Crippen LogP contribution in [0.25, 0.3) is 5.57 Å². The van der Waals surface area contributed by atoms with Gasteiger partial charge in [0.2, 0.25) is 0 Å². The van der Waals surface area contributed by atoms with Crippen LogP contribution in [0.5, 0.6) is 17.2 Å². The monoisotopic (exact) mass is 444 g/mol. The average Bonchev–Trinajstić information content (AvgIpc) is 3.09. The summed E-state index contributed by atoms with van der Waals surface area (Å²) in [6, 6.07) is 21.1. The first-order chi connectivity index (χ1) is 16.1. The number of para-hydroxylation sites is 1. The SMILES string of the molecule is CCOc1ccc(C2=C(Nc3ccc(OC)cc3OC)C(=O)N(c3ccccc3)C2=O)cc1. The smallest absolute Gasteiger partial charge is 0.282 e. The van der Waals surface area contributed by atoms with Gasteiger partial charge in [0.1, 0.15) is 22.9 Å². The van der Waals surface area contributed by atoms with Gasteiger partial charge >= 0.3 is 0 Å². The van der Waals surface area contributed by atoms with Crippen LogP contribution in [0, 0.1) is 0 Å². The van der Waals surface area contributed by atoms with E-state index in [1.807, 2.05) is 13.0 Å². The molecule has 0 spiro atoms. The summed E-state index contributed by atoms with van der Waals surface area (Å²) in [4.78, 5) is 28.2. The van der Waals surface area contributed by atoms with Crippen LogP contribution in [0.15, 0.2) is 78.5 Å². The van der Waals surface area contributed by atoms with E-state index in [9.17, 15) is 9.59 Å². The van der Waals surface area contributed by atoms with Crippen LogP contribution in [0.1, 0.15) is 12.5 Å². The lowest BCUT2D eigenvalue weighted by atomic mass is 10.0. The highest BCUT2D eigenvalue weighted by Gasteiger charge is 2.40. The summed E-state index contributed by atoms with van der Waals surface area (Å²) in [6.07, 6.45) is 0. The molecule has 0 bridgehead atoms. The molecule has 0 saturated carbocycles. The van der Waals surface area contributed by atoms with Gasteiger partial charge in [-0.05, 0) is 48.9 Å². The Hall–Kier alpha value is -4.26. The molecule has 0 saturated heterocycles. The first kappa shape index (κ1) is 22.0. The number of carbonyl (C=O) groups is 2. The van der Waals surface area contributed by atoms with E-state index < -0.39 is 11.8 Å². The second-order valence-electron chi connectivity index (χ2n) is 7.18. The number of anilines is 2. The van der Waals surface area contributed by atoms with Gasteiger partial charge in [-0.3, -0.25) is 9.59 Å². The fraction of sp³-hybridized carbons (Fsp3) is 0.154. The molecule has 3 aromatic rings. The predicted octanol–water partition coefficient (Wildman–Crippen LogP) is 4.50. The number of hydrogen-bond acceptors (Lipinski definition) is 6. The number of imide groups is 1. The summed E-state index contributed by atoms with van der Waals surface area (Å²) in [5, 5.41) is 3.14. The first-order valence-electron chi connectivity index (χ1n) is 10.5. The van der Waals surface area contributed by atoms with Crippen LogP contribution in [0.4, 0.5) is 11.4 Å². The Morgan fingerprint density at radius 1 is 0.818 bits per heavy atom. The summed E-state index contributed by atoms with van der Waals surface area (Å²) in [7, 11) is 3.09. The van der Waals surface area contributed by atoms with Crippen molar-refractivity contribution in [2.24, 2.45) is 0 Å². The molecule has 0 aliphatic carbocycles. The Bertz CT molecular complexity index is 1200. The van der Waals surface area contributed by atoms with Crippen molar-refractivity contribution in [2.45, 2.75) is 6.92 Å². The van der Waals surface area contributed by atoms with E-state index in [-0.39, 0.29) is 11.3 Å². The molecule has 1 aliphatic rings. The summed E-state index contributed by atoms with van der Waals surface area (Å²) >= 11 is 0. The molecule has 0 radical (unpaired) electrons. The van der Waals surface area contributed by atoms with Crippen molar-refractivity contribution in [3.63, 3.8) is 0 Å². The van der Waals surface area contributed by atoms with Crippen molar-refractivity contribution >= 4 is 28.8 Å². The van der Waals surface area contributed by atoms with Crippen LogP contribution in [-0.2, 0) is 9.59 Å². The van der Waals surface area contributed by atoms with Crippen molar-refractivity contribution in [3.8, 4) is 17.2 Å². The molecule has 1 heterocycles. The van der Waals surface area contributed by atoms with Crippen molar-refractivity contribution in [1.29, 1.82) is 0 Å². The Balaban J connectivity index is 1.81. The number of ether oxygens (including phenoxy) is 3. The van der Waals surface area contributed by atoms with Crippen molar-refractivity contribution in [3.05, 3.63) is 84.1 Å². The van der Waals surface area contributed by atoms with Gasteiger partial charge in [0.25, 0.3) is 11.8 Å². The third-order valence-electron chi connectivity index (χ3n) is 5.22. The van der Waals surface area contributed by atoms with Gasteiger partial charge in [0, 0.05) is 6.07 Å². The number of rotatable bonds is 8. The van der Waals surface area contributed by atoms with Gasteiger partial charge in [-0.1, -0.05) is 30.3 Å². The minimum Gasteiger partial charge on any atom is -0.497 e. The molecule has 0 aromatic heterocycles. The lowest BCUT2D eigenvalue weighted by Crippen LogP contribution is -2.32. The number of nitrogens with zero attached hydrogens (tertiary/aromatic N) is 1. The van der Waals surface area contributed by atoms with E-state index in [4.69, 9.17) is 14.2 Å². The molecule has 0 unspecified atom stereocenters. The standard InChI is InChI=1S/C26H24N2O5/c1-4-33-19-12-10-17(11-13-19)23-24(27-21-15-14-20(31-2)16-22(21)32-3)26(30)28(25(23)29)18-8-6-5-7-9-18/h5-16,27H,4H2,1-3H3. The van der Waals surface area contributed by atoms with Crippen LogP contribution >= 0.6 is 0 Å². The molecule has 7 nitrogen and oxygen atoms in total. The van der Waals surface area contributed by atoms with Crippen LogP contribution < -0.4 is 24.4 Å². The third kappa shape index (κ3) is 4.25. The summed E-state index contributed by atoms with van der Waals surface area (Å²) in [5.41, 5.74) is 2.06. The van der Waals surface area contributed by atoms with E-state index in [2.05, 4.69) is 5.32 Å². The second-order valence-corrected chi connectivity index (χ2v) is 7.18. The largest absolute Gasteiger partial charge is 0.497 e. The molecule has 0 fully saturated rings. The zero-order valence-corrected chi connectivity index (χ0v) is 18.6. The molecule has 1 N–H and O–H groups in total. The van der Waals surface area contributed by atoms with E-state index in [0.717, 1.165) is 0 Å². The summed E-state index contributed by atoms with van der Waals surface area (Å²) < 4.78 is 16.2. The highest BCUT2D eigenvalue weighted by atomic mass is 16.5. The van der Waals surface area contributed by atoms with Crippen LogP contribution in [-0.4, -0.2) is 32.6 Å². The minimum atomic E-state index is -0.451. The molecule has 2 amide bonds. The van der Waals surface area contributed by atoms with Crippen molar-refractivity contribution in [2.75, 3.05) is 31.0 Å². The topological polar surface area (TPSA) is 77.1 Å². The highest BCUT2D eigenvalue weighted by molar-refractivity contribution is 6.46. The van der Waals surface area contributed by atoms with Gasteiger partial charge in [0.15, 0.2) is 0 Å². The molecule has 33 heavy (non-hydrogen) atoms. The maximum Gasteiger partial charge on any atom is 0.282 e. The number of methoxy groups -OCH3 is 2. The third-order valence-corrected chi connectivity index (χ3v) is 5.22. The van der Waals surface area contributed by atoms with Crippen LogP contribution in [0.3, 0.4) is 0 Å². The summed E-state index contributed by atoms with van der Waals surface area (Å²) in [5.74, 6) is 0.910. The number of benzene rings is 3. The number of carbonyl (C=O) groups excluding carboxylic acids is 2. The summed E-state index contributed by atoms with van der Waals surface area (Å²) in [6.45, 7) is 2.43. The zero-order valence-electron chi connectivity index (χ0n) is 18.6. The quantitative estimate of drug-likeness (QED) is 0.516. The molecule has 1 aliphatic heterocycles. The molecule has 0 atom stereocenters. The fourth-order valence-corrected chi connectivity index (χ4v) is 3.65. The van der Waals surface area contributed by atoms with Gasteiger partial charge in [0.05, 0.1) is 37.8 Å². The fourth-order valence-electron chi connectivity index (χ4n) is 3.65. The molecular weight excluding hydrogens is 420 g/mol. The van der Waals surface area contributed by atoms with Crippen LogP contribution in [0.2, 0.25) is 0 Å². The van der Waals surface area contributed by atoms with E-state index in [0.29, 0.717) is 40.8 Å². The maximum absolute atomic E-state index is 13.5. The number of hydrogen-bond donors (Lipinski definition) is 1. The van der Waals surface area contributed by atoms with Crippen molar-refractivity contribution in [1.82, 2.24) is 0 Å². The molecule has 7 heteroatoms. The average molecular weight is 444 g/mol. The van der Waals surface area contributed by atoms with Gasteiger partial charge in [-0.2, -0.15) is 0 Å². The zero-order chi connectivity index (χ0) is 23.4. The molecular formula is C26H24N2O5. The first-order valence-corrected chi connectivity index (χ1v) is 10.5. The number of nitrogens with one attached hydrogen (secondary N) is 1. The minimum absolute atomic E-state index is 0.163. The van der Waals surface area contributed by atoms with Gasteiger partial charge < -0.3 is 19.5 Å². The highest BCUT2D eigenvalue weighted by Crippen LogP contribution is 2.37. The van der Waals surface area contributed by atoms with E-state index >= 15 is 0 Å². The Labute approximate surface area is 192 Å². The normalized spacial score (nSPS) is 13.4. The molecule has 168 valence electrons. The Morgan fingerprint density at radius 2 is 1.52 bits per heavy atom. The van der Waals surface area contributed by atoms with Gasteiger partial charge in [-0.25, -0.2) is 4.90 Å². The Morgan fingerprint density at radius 3 is 2.15 bits per heavy atom. The Kier molecular flexibility index (Phi) is 6.31.